The van der Waals surface area contributed by atoms with Gasteiger partial charge in [-0.1, -0.05) is 48.5 Å². The second-order valence-electron chi connectivity index (χ2n) is 6.29. The first-order valence-corrected chi connectivity index (χ1v) is 10.2. The molecule has 0 aromatic heterocycles. The van der Waals surface area contributed by atoms with Crippen LogP contribution in [0.3, 0.4) is 0 Å². The summed E-state index contributed by atoms with van der Waals surface area (Å²) in [7, 11) is -3.10. The molecule has 2 N–H and O–H groups in total. The predicted molar refractivity (Wildman–Crippen MR) is 98.3 cm³/mol. The first-order chi connectivity index (χ1) is 12.4. The lowest BCUT2D eigenvalue weighted by Gasteiger charge is -2.21. The highest BCUT2D eigenvalue weighted by atomic mass is 32.2. The van der Waals surface area contributed by atoms with E-state index in [-0.39, 0.29) is 17.4 Å². The number of hydrogen-bond donors (Lipinski definition) is 2. The Morgan fingerprint density at radius 1 is 0.962 bits per heavy atom. The molecule has 3 rings (SSSR count). The molecule has 1 aliphatic rings. The molecule has 26 heavy (non-hydrogen) atoms. The smallest absolute Gasteiger partial charge is 0.252 e. The van der Waals surface area contributed by atoms with Crippen LogP contribution in [0.5, 0.6) is 0 Å². The summed E-state index contributed by atoms with van der Waals surface area (Å²) in [4.78, 5) is 25.2. The number of carbonyl (C=O) groups is 2. The summed E-state index contributed by atoms with van der Waals surface area (Å²) in [5.74, 6) is -0.770. The van der Waals surface area contributed by atoms with Crippen molar-refractivity contribution in [2.45, 2.75) is 18.5 Å². The Morgan fingerprint density at radius 3 is 2.15 bits per heavy atom. The summed E-state index contributed by atoms with van der Waals surface area (Å²) in [6, 6.07) is 16.2. The van der Waals surface area contributed by atoms with Crippen molar-refractivity contribution in [3.8, 4) is 0 Å². The average molecular weight is 372 g/mol. The molecule has 2 atom stereocenters. The van der Waals surface area contributed by atoms with Crippen molar-refractivity contribution in [1.29, 1.82) is 0 Å². The molecule has 0 spiro atoms. The zero-order chi connectivity index (χ0) is 18.6. The summed E-state index contributed by atoms with van der Waals surface area (Å²) in [6.45, 7) is 0. The molecule has 0 radical (unpaired) electrons. The van der Waals surface area contributed by atoms with Gasteiger partial charge in [-0.2, -0.15) is 0 Å². The van der Waals surface area contributed by atoms with E-state index >= 15 is 0 Å². The van der Waals surface area contributed by atoms with E-state index in [0.717, 1.165) is 0 Å². The molecule has 2 aromatic rings. The lowest BCUT2D eigenvalue weighted by Crippen LogP contribution is -2.44. The highest BCUT2D eigenvalue weighted by Crippen LogP contribution is 2.17. The van der Waals surface area contributed by atoms with Crippen molar-refractivity contribution in [3.05, 3.63) is 71.8 Å². The standard InChI is InChI=1S/C19H20N2O4S/c22-18(15-9-5-2-6-10-15)21-17(14-7-3-1-4-8-14)19(23)20-16-11-12-26(24,25)13-16/h1-10,16-17H,11-13H2,(H,20,23)(H,21,22)/t16-,17-/m0/s1. The third-order valence-corrected chi connectivity index (χ3v) is 6.05. The number of rotatable bonds is 5. The van der Waals surface area contributed by atoms with Crippen LogP contribution in [0, 0.1) is 0 Å². The van der Waals surface area contributed by atoms with Gasteiger partial charge in [0, 0.05) is 11.6 Å². The number of carbonyl (C=O) groups excluding carboxylic acids is 2. The molecule has 0 aliphatic carbocycles. The minimum Gasteiger partial charge on any atom is -0.350 e. The van der Waals surface area contributed by atoms with E-state index in [1.165, 1.54) is 0 Å². The van der Waals surface area contributed by atoms with Gasteiger partial charge in [-0.15, -0.1) is 0 Å². The Morgan fingerprint density at radius 2 is 1.58 bits per heavy atom. The van der Waals surface area contributed by atoms with E-state index in [0.29, 0.717) is 17.5 Å². The van der Waals surface area contributed by atoms with Gasteiger partial charge in [0.1, 0.15) is 6.04 Å². The predicted octanol–water partition coefficient (Wildman–Crippen LogP) is 1.46. The maximum absolute atomic E-state index is 12.8. The van der Waals surface area contributed by atoms with Gasteiger partial charge in [-0.3, -0.25) is 9.59 Å². The third-order valence-electron chi connectivity index (χ3n) is 4.29. The van der Waals surface area contributed by atoms with Crippen LogP contribution < -0.4 is 10.6 Å². The Bertz CT molecular complexity index is 882. The molecule has 1 saturated heterocycles. The fourth-order valence-electron chi connectivity index (χ4n) is 2.94. The molecule has 1 aliphatic heterocycles. The molecule has 1 fully saturated rings. The normalized spacial score (nSPS) is 19.5. The molecule has 0 bridgehead atoms. The highest BCUT2D eigenvalue weighted by molar-refractivity contribution is 7.91. The second-order valence-corrected chi connectivity index (χ2v) is 8.52. The second kappa shape index (κ2) is 7.70. The van der Waals surface area contributed by atoms with Crippen molar-refractivity contribution >= 4 is 21.7 Å². The highest BCUT2D eigenvalue weighted by Gasteiger charge is 2.32. The minimum atomic E-state index is -3.10. The third kappa shape index (κ3) is 4.49. The summed E-state index contributed by atoms with van der Waals surface area (Å²) < 4.78 is 23.2. The van der Waals surface area contributed by atoms with Crippen molar-refractivity contribution < 1.29 is 18.0 Å². The van der Waals surface area contributed by atoms with E-state index < -0.39 is 27.8 Å². The number of sulfone groups is 1. The van der Waals surface area contributed by atoms with Gasteiger partial charge < -0.3 is 10.6 Å². The zero-order valence-corrected chi connectivity index (χ0v) is 14.9. The lowest BCUT2D eigenvalue weighted by atomic mass is 10.0. The summed E-state index contributed by atoms with van der Waals surface area (Å²) in [5.41, 5.74) is 1.08. The van der Waals surface area contributed by atoms with Crippen LogP contribution in [0.25, 0.3) is 0 Å². The number of benzene rings is 2. The summed E-state index contributed by atoms with van der Waals surface area (Å²) >= 11 is 0. The van der Waals surface area contributed by atoms with Crippen molar-refractivity contribution in [3.63, 3.8) is 0 Å². The van der Waals surface area contributed by atoms with Crippen LogP contribution in [0.4, 0.5) is 0 Å². The molecule has 7 heteroatoms. The van der Waals surface area contributed by atoms with Crippen LogP contribution >= 0.6 is 0 Å². The fraction of sp³-hybridized carbons (Fsp3) is 0.263. The van der Waals surface area contributed by atoms with E-state index in [1.807, 2.05) is 6.07 Å². The number of nitrogens with one attached hydrogen (secondary N) is 2. The van der Waals surface area contributed by atoms with Gasteiger partial charge in [0.15, 0.2) is 9.84 Å². The molecule has 1 heterocycles. The summed E-state index contributed by atoms with van der Waals surface area (Å²) in [5, 5.41) is 5.50. The van der Waals surface area contributed by atoms with Crippen LogP contribution in [-0.2, 0) is 14.6 Å². The van der Waals surface area contributed by atoms with Gasteiger partial charge in [-0.05, 0) is 24.1 Å². The Labute approximate surface area is 152 Å². The number of hydrogen-bond acceptors (Lipinski definition) is 4. The van der Waals surface area contributed by atoms with Gasteiger partial charge in [0.05, 0.1) is 11.5 Å². The zero-order valence-electron chi connectivity index (χ0n) is 14.1. The lowest BCUT2D eigenvalue weighted by molar-refractivity contribution is -0.123. The molecule has 136 valence electrons. The average Bonchev–Trinajstić information content (AvgIpc) is 2.99. The maximum Gasteiger partial charge on any atom is 0.252 e. The van der Waals surface area contributed by atoms with Crippen molar-refractivity contribution in [1.82, 2.24) is 10.6 Å². The van der Waals surface area contributed by atoms with E-state index in [9.17, 15) is 18.0 Å². The SMILES string of the molecule is O=C(N[C@H](C(=O)N[C@H]1CCS(=O)(=O)C1)c1ccccc1)c1ccccc1. The Hall–Kier alpha value is -2.67. The molecule has 6 nitrogen and oxygen atoms in total. The van der Waals surface area contributed by atoms with Crippen LogP contribution in [0.2, 0.25) is 0 Å². The van der Waals surface area contributed by atoms with Gasteiger partial charge in [0.25, 0.3) is 5.91 Å². The van der Waals surface area contributed by atoms with Crippen LogP contribution in [0.15, 0.2) is 60.7 Å². The molecule has 2 amide bonds. The largest absolute Gasteiger partial charge is 0.350 e. The van der Waals surface area contributed by atoms with Crippen LogP contribution in [-0.4, -0.2) is 37.8 Å². The molecule has 2 aromatic carbocycles. The summed E-state index contributed by atoms with van der Waals surface area (Å²) in [6.07, 6.45) is 0.391. The monoisotopic (exact) mass is 372 g/mol. The quantitative estimate of drug-likeness (QED) is 0.831. The first kappa shape index (κ1) is 18.1. The fourth-order valence-corrected chi connectivity index (χ4v) is 4.62. The van der Waals surface area contributed by atoms with Crippen LogP contribution in [0.1, 0.15) is 28.4 Å². The van der Waals surface area contributed by atoms with E-state index in [1.54, 1.807) is 54.6 Å². The van der Waals surface area contributed by atoms with Gasteiger partial charge in [0.2, 0.25) is 5.91 Å². The topological polar surface area (TPSA) is 92.3 Å². The van der Waals surface area contributed by atoms with E-state index in [4.69, 9.17) is 0 Å². The minimum absolute atomic E-state index is 0.0626. The molecular formula is C19H20N2O4S. The van der Waals surface area contributed by atoms with E-state index in [2.05, 4.69) is 10.6 Å². The maximum atomic E-state index is 12.8. The Kier molecular flexibility index (Phi) is 5.37. The molecule has 0 saturated carbocycles. The molecular weight excluding hydrogens is 352 g/mol. The van der Waals surface area contributed by atoms with Gasteiger partial charge in [-0.25, -0.2) is 8.42 Å². The Balaban J connectivity index is 1.77. The van der Waals surface area contributed by atoms with Crippen molar-refractivity contribution in [2.24, 2.45) is 0 Å². The number of amides is 2. The van der Waals surface area contributed by atoms with Crippen molar-refractivity contribution in [2.75, 3.05) is 11.5 Å². The first-order valence-electron chi connectivity index (χ1n) is 8.36. The molecule has 0 unspecified atom stereocenters. The van der Waals surface area contributed by atoms with Gasteiger partial charge >= 0.3 is 0 Å².